The van der Waals surface area contributed by atoms with Gasteiger partial charge in [0.05, 0.1) is 6.04 Å². The van der Waals surface area contributed by atoms with E-state index < -0.39 is 0 Å². The summed E-state index contributed by atoms with van der Waals surface area (Å²) in [4.78, 5) is 15.3. The van der Waals surface area contributed by atoms with Crippen molar-refractivity contribution in [2.24, 2.45) is 0 Å². The first-order valence-electron chi connectivity index (χ1n) is 7.23. The molecule has 0 spiro atoms. The Labute approximate surface area is 135 Å². The van der Waals surface area contributed by atoms with Crippen LogP contribution in [-0.2, 0) is 4.79 Å². The lowest BCUT2D eigenvalue weighted by Gasteiger charge is -2.23. The third-order valence-electron chi connectivity index (χ3n) is 3.44. The molecule has 1 aromatic carbocycles. The normalized spacial score (nSPS) is 12.2. The molecule has 0 radical (unpaired) electrons. The second-order valence-electron chi connectivity index (χ2n) is 5.35. The number of likely N-dealkylation sites (N-methyl/N-ethyl adjacent to an activating group) is 1. The number of nitrogens with one attached hydrogen (secondary N) is 1. The van der Waals surface area contributed by atoms with Crippen LogP contribution in [0.25, 0.3) is 0 Å². The smallest absolute Gasteiger partial charge is 0.258 e. The van der Waals surface area contributed by atoms with Gasteiger partial charge < -0.3 is 15.0 Å². The Morgan fingerprint density at radius 2 is 2.05 bits per heavy atom. The molecule has 0 aliphatic rings. The highest BCUT2D eigenvalue weighted by molar-refractivity contribution is 7.10. The molecule has 1 amide bonds. The summed E-state index contributed by atoms with van der Waals surface area (Å²) in [5.41, 5.74) is 1.03. The van der Waals surface area contributed by atoms with Crippen LogP contribution in [0.5, 0.6) is 5.75 Å². The second-order valence-corrected chi connectivity index (χ2v) is 6.33. The lowest BCUT2D eigenvalue weighted by Crippen LogP contribution is -2.36. The van der Waals surface area contributed by atoms with Crippen LogP contribution in [0, 0.1) is 6.92 Å². The Morgan fingerprint density at radius 1 is 1.27 bits per heavy atom. The lowest BCUT2D eigenvalue weighted by molar-refractivity contribution is -0.123. The Balaban J connectivity index is 1.83. The Morgan fingerprint density at radius 3 is 2.68 bits per heavy atom. The quantitative estimate of drug-likeness (QED) is 0.853. The van der Waals surface area contributed by atoms with E-state index in [1.54, 1.807) is 11.3 Å². The van der Waals surface area contributed by atoms with Crippen LogP contribution in [0.4, 0.5) is 0 Å². The van der Waals surface area contributed by atoms with E-state index >= 15 is 0 Å². The molecular weight excluding hydrogens is 296 g/mol. The molecule has 0 saturated heterocycles. The second kappa shape index (κ2) is 7.96. The van der Waals surface area contributed by atoms with E-state index in [9.17, 15) is 4.79 Å². The molecule has 22 heavy (non-hydrogen) atoms. The van der Waals surface area contributed by atoms with Crippen LogP contribution < -0.4 is 10.1 Å². The van der Waals surface area contributed by atoms with Crippen molar-refractivity contribution in [1.82, 2.24) is 10.2 Å². The monoisotopic (exact) mass is 318 g/mol. The van der Waals surface area contributed by atoms with Crippen molar-refractivity contribution in [3.63, 3.8) is 0 Å². The van der Waals surface area contributed by atoms with Crippen LogP contribution in [0.3, 0.4) is 0 Å². The maximum absolute atomic E-state index is 12.0. The van der Waals surface area contributed by atoms with Gasteiger partial charge in [0, 0.05) is 11.4 Å². The van der Waals surface area contributed by atoms with Crippen molar-refractivity contribution in [1.29, 1.82) is 0 Å². The minimum absolute atomic E-state index is 0.0371. The van der Waals surface area contributed by atoms with Crippen LogP contribution in [0.1, 0.15) is 16.5 Å². The predicted octanol–water partition coefficient (Wildman–Crippen LogP) is 2.85. The average Bonchev–Trinajstić information content (AvgIpc) is 3.00. The van der Waals surface area contributed by atoms with Gasteiger partial charge in [-0.15, -0.1) is 11.3 Å². The number of rotatable bonds is 7. The van der Waals surface area contributed by atoms with Crippen LogP contribution in [-0.4, -0.2) is 38.1 Å². The van der Waals surface area contributed by atoms with E-state index in [-0.39, 0.29) is 18.6 Å². The van der Waals surface area contributed by atoms with Gasteiger partial charge in [-0.2, -0.15) is 0 Å². The van der Waals surface area contributed by atoms with Crippen molar-refractivity contribution in [3.8, 4) is 5.75 Å². The zero-order valence-corrected chi connectivity index (χ0v) is 14.0. The summed E-state index contributed by atoms with van der Waals surface area (Å²) in [6.45, 7) is 2.57. The van der Waals surface area contributed by atoms with Gasteiger partial charge >= 0.3 is 0 Å². The van der Waals surface area contributed by atoms with E-state index in [4.69, 9.17) is 4.74 Å². The number of hydrogen-bond acceptors (Lipinski definition) is 4. The number of carbonyl (C=O) groups is 1. The highest BCUT2D eigenvalue weighted by atomic mass is 32.1. The molecule has 0 saturated carbocycles. The van der Waals surface area contributed by atoms with Gasteiger partial charge in [-0.25, -0.2) is 0 Å². The van der Waals surface area contributed by atoms with Gasteiger partial charge in [0.2, 0.25) is 0 Å². The van der Waals surface area contributed by atoms with Crippen molar-refractivity contribution in [2.75, 3.05) is 27.2 Å². The van der Waals surface area contributed by atoms with Gasteiger partial charge in [-0.3, -0.25) is 4.79 Å². The molecule has 1 N–H and O–H groups in total. The van der Waals surface area contributed by atoms with Crippen LogP contribution in [0.15, 0.2) is 41.8 Å². The average molecular weight is 318 g/mol. The van der Waals surface area contributed by atoms with Crippen LogP contribution in [0.2, 0.25) is 0 Å². The van der Waals surface area contributed by atoms with E-state index in [2.05, 4.69) is 21.7 Å². The maximum atomic E-state index is 12.0. The van der Waals surface area contributed by atoms with Gasteiger partial charge in [-0.1, -0.05) is 24.3 Å². The van der Waals surface area contributed by atoms with E-state index in [1.807, 2.05) is 51.4 Å². The number of ether oxygens (including phenoxy) is 1. The number of hydrogen-bond donors (Lipinski definition) is 1. The number of para-hydroxylation sites is 1. The van der Waals surface area contributed by atoms with Crippen molar-refractivity contribution >= 4 is 17.2 Å². The predicted molar refractivity (Wildman–Crippen MR) is 90.4 cm³/mol. The molecule has 118 valence electrons. The standard InChI is InChI=1S/C17H22N2O2S/c1-13-7-4-5-8-15(13)21-12-17(20)18-11-14(19(2)3)16-9-6-10-22-16/h4-10,14H,11-12H2,1-3H3,(H,18,20)/t14-/m1/s1. The summed E-state index contributed by atoms with van der Waals surface area (Å²) in [7, 11) is 4.03. The van der Waals surface area contributed by atoms with Crippen LogP contribution >= 0.6 is 11.3 Å². The SMILES string of the molecule is Cc1ccccc1OCC(=O)NC[C@H](c1cccs1)N(C)C. The molecule has 2 aromatic rings. The molecule has 0 bridgehead atoms. The number of thiophene rings is 1. The fourth-order valence-corrected chi connectivity index (χ4v) is 3.06. The topological polar surface area (TPSA) is 41.6 Å². The first kappa shape index (κ1) is 16.5. The van der Waals surface area contributed by atoms with Gasteiger partial charge in [0.15, 0.2) is 6.61 Å². The number of aryl methyl sites for hydroxylation is 1. The lowest BCUT2D eigenvalue weighted by atomic mass is 10.2. The number of benzene rings is 1. The third-order valence-corrected chi connectivity index (χ3v) is 4.41. The zero-order valence-electron chi connectivity index (χ0n) is 13.2. The Hall–Kier alpha value is -1.85. The summed E-state index contributed by atoms with van der Waals surface area (Å²) in [5.74, 6) is 0.645. The molecule has 1 atom stereocenters. The van der Waals surface area contributed by atoms with Crippen molar-refractivity contribution in [3.05, 3.63) is 52.2 Å². The Kier molecular flexibility index (Phi) is 5.98. The van der Waals surface area contributed by atoms with Gasteiger partial charge in [0.1, 0.15) is 5.75 Å². The third kappa shape index (κ3) is 4.58. The molecule has 0 unspecified atom stereocenters. The first-order valence-corrected chi connectivity index (χ1v) is 8.11. The van der Waals surface area contributed by atoms with E-state index in [0.717, 1.165) is 11.3 Å². The molecule has 0 aliphatic heterocycles. The van der Waals surface area contributed by atoms with Gasteiger partial charge in [-0.05, 0) is 44.1 Å². The minimum Gasteiger partial charge on any atom is -0.484 e. The number of nitrogens with zero attached hydrogens (tertiary/aromatic N) is 1. The molecular formula is C17H22N2O2S. The minimum atomic E-state index is -0.105. The van der Waals surface area contributed by atoms with Crippen molar-refractivity contribution in [2.45, 2.75) is 13.0 Å². The van der Waals surface area contributed by atoms with E-state index in [0.29, 0.717) is 6.54 Å². The number of carbonyl (C=O) groups excluding carboxylic acids is 1. The molecule has 4 nitrogen and oxygen atoms in total. The molecule has 1 heterocycles. The summed E-state index contributed by atoms with van der Waals surface area (Å²) < 4.78 is 5.56. The molecule has 1 aromatic heterocycles. The summed E-state index contributed by atoms with van der Waals surface area (Å²) in [6, 6.07) is 12.0. The number of amides is 1. The summed E-state index contributed by atoms with van der Waals surface area (Å²) >= 11 is 1.70. The molecule has 2 rings (SSSR count). The molecule has 0 fully saturated rings. The maximum Gasteiger partial charge on any atom is 0.258 e. The fraction of sp³-hybridized carbons (Fsp3) is 0.353. The highest BCUT2D eigenvalue weighted by Gasteiger charge is 2.16. The van der Waals surface area contributed by atoms with Gasteiger partial charge in [0.25, 0.3) is 5.91 Å². The van der Waals surface area contributed by atoms with Crippen molar-refractivity contribution < 1.29 is 9.53 Å². The first-order chi connectivity index (χ1) is 10.6. The zero-order chi connectivity index (χ0) is 15.9. The fourth-order valence-electron chi connectivity index (χ4n) is 2.14. The summed E-state index contributed by atoms with van der Waals surface area (Å²) in [6.07, 6.45) is 0. The highest BCUT2D eigenvalue weighted by Crippen LogP contribution is 2.22. The summed E-state index contributed by atoms with van der Waals surface area (Å²) in [5, 5.41) is 4.99. The Bertz CT molecular complexity index is 596. The molecule has 0 aliphatic carbocycles. The largest absolute Gasteiger partial charge is 0.484 e. The molecule has 5 heteroatoms. The van der Waals surface area contributed by atoms with E-state index in [1.165, 1.54) is 4.88 Å².